The fourth-order valence-corrected chi connectivity index (χ4v) is 1.92. The normalized spacial score (nSPS) is 13.0. The molecule has 1 atom stereocenters. The van der Waals surface area contributed by atoms with Crippen molar-refractivity contribution in [1.29, 1.82) is 0 Å². The van der Waals surface area contributed by atoms with Crippen LogP contribution >= 0.6 is 11.6 Å². The summed E-state index contributed by atoms with van der Waals surface area (Å²) in [6.07, 6.45) is -0.181. The number of rotatable bonds is 7. The molecule has 21 heavy (non-hydrogen) atoms. The summed E-state index contributed by atoms with van der Waals surface area (Å²) in [5.74, 6) is -0.376. The molecule has 1 unspecified atom stereocenters. The van der Waals surface area contributed by atoms with E-state index in [4.69, 9.17) is 25.8 Å². The van der Waals surface area contributed by atoms with Crippen molar-refractivity contribution < 1.29 is 19.0 Å². The Labute approximate surface area is 131 Å². The maximum Gasteiger partial charge on any atom is 0.304 e. The molecule has 1 rings (SSSR count). The maximum atomic E-state index is 11.1. The molecule has 118 valence electrons. The lowest BCUT2D eigenvalue weighted by atomic mass is 10.1. The van der Waals surface area contributed by atoms with E-state index in [-0.39, 0.29) is 11.6 Å². The Bertz CT molecular complexity index is 454. The lowest BCUT2D eigenvalue weighted by Crippen LogP contribution is -2.27. The van der Waals surface area contributed by atoms with Gasteiger partial charge >= 0.3 is 5.97 Å². The van der Waals surface area contributed by atoms with Crippen molar-refractivity contribution in [2.45, 2.75) is 46.0 Å². The van der Waals surface area contributed by atoms with E-state index in [1.165, 1.54) is 6.92 Å². The van der Waals surface area contributed by atoms with Gasteiger partial charge in [0.1, 0.15) is 0 Å². The smallest absolute Gasteiger partial charge is 0.304 e. The average molecular weight is 315 g/mol. The van der Waals surface area contributed by atoms with Gasteiger partial charge in [-0.15, -0.1) is 0 Å². The zero-order valence-corrected chi connectivity index (χ0v) is 13.8. The third kappa shape index (κ3) is 8.71. The van der Waals surface area contributed by atoms with Crippen LogP contribution in [0.25, 0.3) is 0 Å². The standard InChI is InChI=1S/C16H23ClO4/c1-12(18)21-15(19-8-9-20-16(2,3)4)11-13-6-5-7-14(17)10-13/h5-7,10,15H,8-9,11H2,1-4H3. The number of carbonyl (C=O) groups is 1. The second-order valence-electron chi connectivity index (χ2n) is 5.70. The lowest BCUT2D eigenvalue weighted by Gasteiger charge is -2.22. The van der Waals surface area contributed by atoms with Crippen LogP contribution in [0.5, 0.6) is 0 Å². The summed E-state index contributed by atoms with van der Waals surface area (Å²) in [6, 6.07) is 7.39. The van der Waals surface area contributed by atoms with Gasteiger partial charge in [0.2, 0.25) is 6.29 Å². The minimum absolute atomic E-state index is 0.215. The molecule has 0 spiro atoms. The molecule has 0 heterocycles. The zero-order chi connectivity index (χ0) is 15.9. The van der Waals surface area contributed by atoms with E-state index in [2.05, 4.69) is 0 Å². The summed E-state index contributed by atoms with van der Waals surface area (Å²) in [5.41, 5.74) is 0.734. The van der Waals surface area contributed by atoms with Crippen molar-refractivity contribution in [3.8, 4) is 0 Å². The van der Waals surface area contributed by atoms with Gasteiger partial charge in [0, 0.05) is 18.4 Å². The van der Waals surface area contributed by atoms with Gasteiger partial charge in [-0.05, 0) is 38.5 Å². The van der Waals surface area contributed by atoms with Crippen LogP contribution in [0.2, 0.25) is 5.02 Å². The molecule has 0 aliphatic carbocycles. The molecule has 0 N–H and O–H groups in total. The van der Waals surface area contributed by atoms with Crippen LogP contribution in [0.3, 0.4) is 0 Å². The molecule has 0 bridgehead atoms. The molecular formula is C16H23ClO4. The molecule has 0 saturated carbocycles. The molecule has 0 fully saturated rings. The number of esters is 1. The second kappa shape index (κ2) is 8.37. The molecule has 1 aromatic carbocycles. The molecule has 0 saturated heterocycles. The second-order valence-corrected chi connectivity index (χ2v) is 6.14. The minimum Gasteiger partial charge on any atom is -0.436 e. The van der Waals surface area contributed by atoms with Crippen molar-refractivity contribution in [3.05, 3.63) is 34.9 Å². The fourth-order valence-electron chi connectivity index (χ4n) is 1.70. The van der Waals surface area contributed by atoms with Crippen LogP contribution in [-0.4, -0.2) is 31.1 Å². The van der Waals surface area contributed by atoms with E-state index in [1.807, 2.05) is 39.0 Å². The van der Waals surface area contributed by atoms with Crippen LogP contribution in [0, 0.1) is 0 Å². The van der Waals surface area contributed by atoms with Gasteiger partial charge in [-0.3, -0.25) is 4.79 Å². The first-order chi connectivity index (χ1) is 9.76. The summed E-state index contributed by atoms with van der Waals surface area (Å²) in [4.78, 5) is 11.1. The molecule has 0 aliphatic rings. The Kier molecular flexibility index (Phi) is 7.15. The van der Waals surface area contributed by atoms with Gasteiger partial charge < -0.3 is 14.2 Å². The summed E-state index contributed by atoms with van der Waals surface area (Å²) in [7, 11) is 0. The number of hydrogen-bond donors (Lipinski definition) is 0. The molecule has 0 amide bonds. The van der Waals surface area contributed by atoms with Gasteiger partial charge in [0.25, 0.3) is 0 Å². The van der Waals surface area contributed by atoms with Gasteiger partial charge in [-0.25, -0.2) is 0 Å². The molecular weight excluding hydrogens is 292 g/mol. The third-order valence-corrected chi connectivity index (χ3v) is 2.75. The molecule has 5 heteroatoms. The van der Waals surface area contributed by atoms with Crippen molar-refractivity contribution in [2.75, 3.05) is 13.2 Å². The van der Waals surface area contributed by atoms with Crippen molar-refractivity contribution in [2.24, 2.45) is 0 Å². The van der Waals surface area contributed by atoms with E-state index in [0.717, 1.165) is 5.56 Å². The summed E-state index contributed by atoms with van der Waals surface area (Å²) in [5, 5.41) is 0.644. The summed E-state index contributed by atoms with van der Waals surface area (Å²) < 4.78 is 16.3. The number of ether oxygens (including phenoxy) is 3. The predicted molar refractivity (Wildman–Crippen MR) is 82.4 cm³/mol. The Morgan fingerprint density at radius 2 is 2.00 bits per heavy atom. The highest BCUT2D eigenvalue weighted by molar-refractivity contribution is 6.30. The Morgan fingerprint density at radius 3 is 2.57 bits per heavy atom. The van der Waals surface area contributed by atoms with Crippen molar-refractivity contribution in [1.82, 2.24) is 0 Å². The van der Waals surface area contributed by atoms with E-state index in [9.17, 15) is 4.79 Å². The maximum absolute atomic E-state index is 11.1. The lowest BCUT2D eigenvalue weighted by molar-refractivity contribution is -0.180. The topological polar surface area (TPSA) is 44.8 Å². The highest BCUT2D eigenvalue weighted by Gasteiger charge is 2.15. The van der Waals surface area contributed by atoms with Crippen LogP contribution in [-0.2, 0) is 25.4 Å². The number of hydrogen-bond acceptors (Lipinski definition) is 4. The van der Waals surface area contributed by atoms with E-state index >= 15 is 0 Å². The number of carbonyl (C=O) groups excluding carboxylic acids is 1. The first kappa shape index (κ1) is 18.0. The predicted octanol–water partition coefficient (Wildman–Crippen LogP) is 3.60. The largest absolute Gasteiger partial charge is 0.436 e. The van der Waals surface area contributed by atoms with Crippen LogP contribution in [0.1, 0.15) is 33.3 Å². The first-order valence-electron chi connectivity index (χ1n) is 6.93. The first-order valence-corrected chi connectivity index (χ1v) is 7.31. The van der Waals surface area contributed by atoms with E-state index in [0.29, 0.717) is 24.7 Å². The molecule has 0 aliphatic heterocycles. The van der Waals surface area contributed by atoms with Gasteiger partial charge in [0.15, 0.2) is 0 Å². The highest BCUT2D eigenvalue weighted by atomic mass is 35.5. The Hall–Kier alpha value is -1.10. The number of benzene rings is 1. The van der Waals surface area contributed by atoms with Crippen molar-refractivity contribution in [3.63, 3.8) is 0 Å². The molecule has 1 aromatic rings. The van der Waals surface area contributed by atoms with Crippen molar-refractivity contribution >= 4 is 17.6 Å². The highest BCUT2D eigenvalue weighted by Crippen LogP contribution is 2.14. The third-order valence-electron chi connectivity index (χ3n) is 2.51. The monoisotopic (exact) mass is 314 g/mol. The van der Waals surface area contributed by atoms with E-state index < -0.39 is 6.29 Å². The average Bonchev–Trinajstić information content (AvgIpc) is 2.32. The SMILES string of the molecule is CC(=O)OC(Cc1cccc(Cl)c1)OCCOC(C)(C)C. The van der Waals surface area contributed by atoms with E-state index in [1.54, 1.807) is 6.07 Å². The van der Waals surface area contributed by atoms with Gasteiger partial charge in [0.05, 0.1) is 18.8 Å². The van der Waals surface area contributed by atoms with Crippen LogP contribution in [0.15, 0.2) is 24.3 Å². The number of halogens is 1. The van der Waals surface area contributed by atoms with Gasteiger partial charge in [-0.2, -0.15) is 0 Å². The van der Waals surface area contributed by atoms with Crippen LogP contribution in [0.4, 0.5) is 0 Å². The Morgan fingerprint density at radius 1 is 1.29 bits per heavy atom. The molecule has 0 aromatic heterocycles. The minimum atomic E-state index is -0.635. The summed E-state index contributed by atoms with van der Waals surface area (Å²) >= 11 is 5.94. The fraction of sp³-hybridized carbons (Fsp3) is 0.562. The van der Waals surface area contributed by atoms with Crippen LogP contribution < -0.4 is 0 Å². The summed E-state index contributed by atoms with van der Waals surface area (Å²) in [6.45, 7) is 8.08. The Balaban J connectivity index is 2.50. The quantitative estimate of drug-likeness (QED) is 0.438. The zero-order valence-electron chi connectivity index (χ0n) is 13.0. The molecule has 0 radical (unpaired) electrons. The molecule has 4 nitrogen and oxygen atoms in total. The van der Waals surface area contributed by atoms with Gasteiger partial charge in [-0.1, -0.05) is 23.7 Å².